The first-order chi connectivity index (χ1) is 8.45. The molecule has 0 bridgehead atoms. The van der Waals surface area contributed by atoms with Gasteiger partial charge in [-0.3, -0.25) is 9.59 Å². The number of nitrogens with zero attached hydrogens (tertiary/aromatic N) is 1. The summed E-state index contributed by atoms with van der Waals surface area (Å²) in [6, 6.07) is 3.97. The van der Waals surface area contributed by atoms with Crippen LogP contribution in [0.15, 0.2) is 23.1 Å². The fourth-order valence-corrected chi connectivity index (χ4v) is 1.58. The number of carbonyl (C=O) groups is 2. The SMILES string of the molecule is CNC(=O)CCN(C)C(=O)c1ccc(F)c(S)c1. The maximum absolute atomic E-state index is 13.0. The molecule has 4 nitrogen and oxygen atoms in total. The van der Waals surface area contributed by atoms with Crippen LogP contribution in [0.1, 0.15) is 16.8 Å². The molecule has 0 fully saturated rings. The van der Waals surface area contributed by atoms with E-state index in [4.69, 9.17) is 0 Å². The molecule has 1 aromatic rings. The van der Waals surface area contributed by atoms with E-state index in [0.29, 0.717) is 12.1 Å². The summed E-state index contributed by atoms with van der Waals surface area (Å²) in [7, 11) is 3.13. The van der Waals surface area contributed by atoms with Crippen molar-refractivity contribution in [3.8, 4) is 0 Å². The van der Waals surface area contributed by atoms with Crippen molar-refractivity contribution in [1.82, 2.24) is 10.2 Å². The van der Waals surface area contributed by atoms with Gasteiger partial charge in [0.05, 0.1) is 0 Å². The topological polar surface area (TPSA) is 49.4 Å². The van der Waals surface area contributed by atoms with Crippen LogP contribution in [0.25, 0.3) is 0 Å². The molecule has 0 spiro atoms. The molecule has 2 amide bonds. The van der Waals surface area contributed by atoms with Crippen LogP contribution in [0.2, 0.25) is 0 Å². The molecule has 1 aromatic carbocycles. The normalized spacial score (nSPS) is 10.0. The number of benzene rings is 1. The van der Waals surface area contributed by atoms with E-state index in [1.807, 2.05) is 0 Å². The zero-order valence-electron chi connectivity index (χ0n) is 10.2. The highest BCUT2D eigenvalue weighted by molar-refractivity contribution is 7.80. The fraction of sp³-hybridized carbons (Fsp3) is 0.333. The second-order valence-electron chi connectivity index (χ2n) is 3.82. The third kappa shape index (κ3) is 3.73. The van der Waals surface area contributed by atoms with Crippen LogP contribution in [0.4, 0.5) is 4.39 Å². The molecule has 6 heteroatoms. The number of hydrogen-bond donors (Lipinski definition) is 2. The molecular formula is C12H15FN2O2S. The number of thiol groups is 1. The van der Waals surface area contributed by atoms with Crippen LogP contribution in [-0.4, -0.2) is 37.4 Å². The summed E-state index contributed by atoms with van der Waals surface area (Å²) >= 11 is 3.92. The molecule has 0 aliphatic rings. The highest BCUT2D eigenvalue weighted by Gasteiger charge is 2.13. The standard InChI is InChI=1S/C12H15FN2O2S/c1-14-11(16)5-6-15(2)12(17)8-3-4-9(13)10(18)7-8/h3-4,7,18H,5-6H2,1-2H3,(H,14,16). The summed E-state index contributed by atoms with van der Waals surface area (Å²) in [5.41, 5.74) is 0.348. The van der Waals surface area contributed by atoms with Gasteiger partial charge >= 0.3 is 0 Å². The molecule has 0 unspecified atom stereocenters. The Hall–Kier alpha value is -1.56. The van der Waals surface area contributed by atoms with E-state index in [9.17, 15) is 14.0 Å². The largest absolute Gasteiger partial charge is 0.359 e. The predicted molar refractivity (Wildman–Crippen MR) is 69.3 cm³/mol. The monoisotopic (exact) mass is 270 g/mol. The molecule has 0 aliphatic heterocycles. The van der Waals surface area contributed by atoms with Crippen molar-refractivity contribution in [3.05, 3.63) is 29.6 Å². The molecule has 18 heavy (non-hydrogen) atoms. The zero-order valence-corrected chi connectivity index (χ0v) is 11.1. The van der Waals surface area contributed by atoms with Crippen molar-refractivity contribution >= 4 is 24.4 Å². The lowest BCUT2D eigenvalue weighted by Gasteiger charge is -2.16. The predicted octanol–water partition coefficient (Wildman–Crippen LogP) is 1.32. The fourth-order valence-electron chi connectivity index (χ4n) is 1.36. The Labute approximate surface area is 111 Å². The molecule has 1 rings (SSSR count). The molecule has 0 saturated carbocycles. The van der Waals surface area contributed by atoms with Gasteiger partial charge in [0.15, 0.2) is 0 Å². The minimum absolute atomic E-state index is 0.126. The number of carbonyl (C=O) groups excluding carboxylic acids is 2. The van der Waals surface area contributed by atoms with Gasteiger partial charge in [0.25, 0.3) is 5.91 Å². The van der Waals surface area contributed by atoms with Gasteiger partial charge in [0.2, 0.25) is 5.91 Å². The highest BCUT2D eigenvalue weighted by atomic mass is 32.1. The Morgan fingerprint density at radius 2 is 2.11 bits per heavy atom. The molecule has 1 N–H and O–H groups in total. The maximum atomic E-state index is 13.0. The van der Waals surface area contributed by atoms with Crippen LogP contribution in [0, 0.1) is 5.82 Å². The van der Waals surface area contributed by atoms with Crippen LogP contribution in [-0.2, 0) is 4.79 Å². The molecular weight excluding hydrogens is 255 g/mol. The van der Waals surface area contributed by atoms with Gasteiger partial charge in [-0.15, -0.1) is 12.6 Å². The summed E-state index contributed by atoms with van der Waals surface area (Å²) in [5, 5.41) is 2.48. The van der Waals surface area contributed by atoms with Crippen LogP contribution in [0.3, 0.4) is 0 Å². The summed E-state index contributed by atoms with van der Waals surface area (Å²) < 4.78 is 13.0. The van der Waals surface area contributed by atoms with E-state index in [1.54, 1.807) is 7.05 Å². The van der Waals surface area contributed by atoms with E-state index in [-0.39, 0.29) is 23.1 Å². The number of rotatable bonds is 4. The molecule has 0 heterocycles. The number of amides is 2. The van der Waals surface area contributed by atoms with E-state index < -0.39 is 5.82 Å². The van der Waals surface area contributed by atoms with Crippen molar-refractivity contribution in [3.63, 3.8) is 0 Å². The van der Waals surface area contributed by atoms with Gasteiger partial charge in [-0.2, -0.15) is 0 Å². The Morgan fingerprint density at radius 3 is 2.67 bits per heavy atom. The van der Waals surface area contributed by atoms with E-state index in [0.717, 1.165) is 0 Å². The van der Waals surface area contributed by atoms with Gasteiger partial charge in [0.1, 0.15) is 5.82 Å². The van der Waals surface area contributed by atoms with Gasteiger partial charge in [0, 0.05) is 37.5 Å². The van der Waals surface area contributed by atoms with Gasteiger partial charge in [-0.1, -0.05) is 0 Å². The first-order valence-electron chi connectivity index (χ1n) is 5.40. The van der Waals surface area contributed by atoms with Crippen molar-refractivity contribution < 1.29 is 14.0 Å². The Morgan fingerprint density at radius 1 is 1.44 bits per heavy atom. The summed E-state index contributed by atoms with van der Waals surface area (Å²) in [6.45, 7) is 0.303. The van der Waals surface area contributed by atoms with Gasteiger partial charge < -0.3 is 10.2 Å². The van der Waals surface area contributed by atoms with Gasteiger partial charge in [-0.25, -0.2) is 4.39 Å². The van der Waals surface area contributed by atoms with E-state index in [1.165, 1.54) is 30.1 Å². The van der Waals surface area contributed by atoms with Crippen molar-refractivity contribution in [2.75, 3.05) is 20.6 Å². The zero-order chi connectivity index (χ0) is 13.7. The molecule has 0 atom stereocenters. The molecule has 0 radical (unpaired) electrons. The smallest absolute Gasteiger partial charge is 0.253 e. The van der Waals surface area contributed by atoms with E-state index >= 15 is 0 Å². The van der Waals surface area contributed by atoms with Crippen LogP contribution >= 0.6 is 12.6 Å². The third-order valence-corrected chi connectivity index (χ3v) is 2.84. The first-order valence-corrected chi connectivity index (χ1v) is 5.85. The lowest BCUT2D eigenvalue weighted by atomic mass is 10.2. The van der Waals surface area contributed by atoms with Crippen molar-refractivity contribution in [1.29, 1.82) is 0 Å². The Bertz CT molecular complexity index is 465. The van der Waals surface area contributed by atoms with Crippen molar-refractivity contribution in [2.45, 2.75) is 11.3 Å². The quantitative estimate of drug-likeness (QED) is 0.811. The minimum atomic E-state index is -0.470. The number of nitrogens with one attached hydrogen (secondary N) is 1. The lowest BCUT2D eigenvalue weighted by molar-refractivity contribution is -0.120. The Balaban J connectivity index is 2.68. The molecule has 98 valence electrons. The van der Waals surface area contributed by atoms with Crippen LogP contribution in [0.5, 0.6) is 0 Å². The number of halogens is 1. The van der Waals surface area contributed by atoms with Crippen molar-refractivity contribution in [2.24, 2.45) is 0 Å². The molecule has 0 aliphatic carbocycles. The Kier molecular flexibility index (Phi) is 5.15. The average molecular weight is 270 g/mol. The average Bonchev–Trinajstić information content (AvgIpc) is 2.37. The van der Waals surface area contributed by atoms with Crippen LogP contribution < -0.4 is 5.32 Å². The molecule has 0 saturated heterocycles. The van der Waals surface area contributed by atoms with Gasteiger partial charge in [-0.05, 0) is 18.2 Å². The minimum Gasteiger partial charge on any atom is -0.359 e. The second-order valence-corrected chi connectivity index (χ2v) is 4.30. The summed E-state index contributed by atoms with van der Waals surface area (Å²) in [5.74, 6) is -0.874. The first kappa shape index (κ1) is 14.5. The third-order valence-electron chi connectivity index (χ3n) is 2.49. The maximum Gasteiger partial charge on any atom is 0.253 e. The number of hydrogen-bond acceptors (Lipinski definition) is 3. The lowest BCUT2D eigenvalue weighted by Crippen LogP contribution is -2.31. The van der Waals surface area contributed by atoms with E-state index in [2.05, 4.69) is 17.9 Å². The second kappa shape index (κ2) is 6.39. The molecule has 0 aromatic heterocycles. The highest BCUT2D eigenvalue weighted by Crippen LogP contribution is 2.15. The summed E-state index contributed by atoms with van der Waals surface area (Å²) in [6.07, 6.45) is 0.230. The summed E-state index contributed by atoms with van der Waals surface area (Å²) in [4.78, 5) is 24.5.